The summed E-state index contributed by atoms with van der Waals surface area (Å²) in [6, 6.07) is 7.95. The molecule has 0 amide bonds. The molecule has 6 nitrogen and oxygen atoms in total. The van der Waals surface area contributed by atoms with E-state index >= 15 is 0 Å². The van der Waals surface area contributed by atoms with Gasteiger partial charge in [0.1, 0.15) is 5.75 Å². The van der Waals surface area contributed by atoms with Gasteiger partial charge in [-0.25, -0.2) is 0 Å². The van der Waals surface area contributed by atoms with Crippen molar-refractivity contribution in [3.63, 3.8) is 0 Å². The number of carbonyl (C=O) groups is 1. The highest BCUT2D eigenvalue weighted by Gasteiger charge is 2.34. The molecule has 0 aliphatic carbocycles. The van der Waals surface area contributed by atoms with Crippen molar-refractivity contribution in [3.05, 3.63) is 29.8 Å². The number of benzene rings is 1. The minimum Gasteiger partial charge on any atom is -0.497 e. The van der Waals surface area contributed by atoms with Crippen molar-refractivity contribution in [2.75, 3.05) is 40.3 Å². The fraction of sp³-hybridized carbons (Fsp3) is 0.588. The van der Waals surface area contributed by atoms with Crippen LogP contribution < -0.4 is 4.74 Å². The molecule has 0 radical (unpaired) electrons. The normalized spacial score (nSPS) is 21.7. The lowest BCUT2D eigenvalue weighted by Gasteiger charge is -2.24. The van der Waals surface area contributed by atoms with Crippen molar-refractivity contribution < 1.29 is 19.7 Å². The zero-order valence-corrected chi connectivity index (χ0v) is 13.8. The summed E-state index contributed by atoms with van der Waals surface area (Å²) in [5, 5.41) is 19.0. The molecule has 1 saturated heterocycles. The molecule has 0 unspecified atom stereocenters. The van der Waals surface area contributed by atoms with E-state index < -0.39 is 12.1 Å². The van der Waals surface area contributed by atoms with Gasteiger partial charge in [0.25, 0.3) is 0 Å². The minimum atomic E-state index is -0.865. The van der Waals surface area contributed by atoms with Crippen molar-refractivity contribution in [2.24, 2.45) is 0 Å². The van der Waals surface area contributed by atoms with Crippen LogP contribution in [0.5, 0.6) is 5.75 Å². The number of carboxylic acid groups (broad SMARTS) is 1. The Morgan fingerprint density at radius 3 is 2.91 bits per heavy atom. The molecule has 0 bridgehead atoms. The second-order valence-corrected chi connectivity index (χ2v) is 6.16. The summed E-state index contributed by atoms with van der Waals surface area (Å²) in [4.78, 5) is 14.7. The second-order valence-electron chi connectivity index (χ2n) is 6.16. The molecule has 1 aromatic carbocycles. The predicted molar refractivity (Wildman–Crippen MR) is 87.8 cm³/mol. The Hall–Kier alpha value is -1.63. The molecular weight excluding hydrogens is 296 g/mol. The SMILES string of the molecule is COc1cccc(CCCN2C[C@@H](O)[C@@H](N(C)CC(=O)O)C2)c1. The maximum absolute atomic E-state index is 10.8. The highest BCUT2D eigenvalue weighted by atomic mass is 16.5. The average Bonchev–Trinajstić information content (AvgIpc) is 2.88. The molecule has 23 heavy (non-hydrogen) atoms. The number of methoxy groups -OCH3 is 1. The summed E-state index contributed by atoms with van der Waals surface area (Å²) in [7, 11) is 3.42. The van der Waals surface area contributed by atoms with Crippen LogP contribution in [0.1, 0.15) is 12.0 Å². The summed E-state index contributed by atoms with van der Waals surface area (Å²) < 4.78 is 5.22. The molecule has 0 saturated carbocycles. The van der Waals surface area contributed by atoms with Crippen molar-refractivity contribution in [1.82, 2.24) is 9.80 Å². The van der Waals surface area contributed by atoms with Gasteiger partial charge in [-0.15, -0.1) is 0 Å². The van der Waals surface area contributed by atoms with Crippen LogP contribution in [-0.4, -0.2) is 78.5 Å². The van der Waals surface area contributed by atoms with Gasteiger partial charge in [0, 0.05) is 19.1 Å². The number of carboxylic acids is 1. The van der Waals surface area contributed by atoms with E-state index in [0.717, 1.165) is 25.1 Å². The summed E-state index contributed by atoms with van der Waals surface area (Å²) >= 11 is 0. The number of aliphatic carboxylic acids is 1. The monoisotopic (exact) mass is 322 g/mol. The van der Waals surface area contributed by atoms with Crippen LogP contribution in [0.25, 0.3) is 0 Å². The van der Waals surface area contributed by atoms with Gasteiger partial charge in [-0.3, -0.25) is 14.6 Å². The minimum absolute atomic E-state index is 0.0423. The number of likely N-dealkylation sites (N-methyl/N-ethyl adjacent to an activating group) is 1. The number of likely N-dealkylation sites (tertiary alicyclic amines) is 1. The number of aliphatic hydroxyl groups excluding tert-OH is 1. The Morgan fingerprint density at radius 1 is 1.43 bits per heavy atom. The van der Waals surface area contributed by atoms with Gasteiger partial charge in [0.05, 0.1) is 19.8 Å². The first-order chi connectivity index (χ1) is 11.0. The largest absolute Gasteiger partial charge is 0.497 e. The van der Waals surface area contributed by atoms with E-state index in [2.05, 4.69) is 11.0 Å². The van der Waals surface area contributed by atoms with Crippen LogP contribution in [-0.2, 0) is 11.2 Å². The highest BCUT2D eigenvalue weighted by molar-refractivity contribution is 5.69. The summed E-state index contributed by atoms with van der Waals surface area (Å²) in [6.45, 7) is 2.17. The second kappa shape index (κ2) is 8.29. The third-order valence-electron chi connectivity index (χ3n) is 4.36. The van der Waals surface area contributed by atoms with E-state index in [1.807, 2.05) is 18.2 Å². The first kappa shape index (κ1) is 17.7. The number of β-amino-alcohol motifs (C(OH)–C–C–N with tert-alkyl or cyclic N) is 1. The van der Waals surface area contributed by atoms with Crippen molar-refractivity contribution >= 4 is 5.97 Å². The third kappa shape index (κ3) is 5.20. The lowest BCUT2D eigenvalue weighted by Crippen LogP contribution is -2.43. The Bertz CT molecular complexity index is 523. The number of ether oxygens (including phenoxy) is 1. The number of nitrogens with zero attached hydrogens (tertiary/aromatic N) is 2. The van der Waals surface area contributed by atoms with Crippen molar-refractivity contribution in [3.8, 4) is 5.75 Å². The van der Waals surface area contributed by atoms with Crippen LogP contribution in [0.15, 0.2) is 24.3 Å². The fourth-order valence-corrected chi connectivity index (χ4v) is 3.13. The summed E-state index contributed by atoms with van der Waals surface area (Å²) in [6.07, 6.45) is 1.46. The van der Waals surface area contributed by atoms with Gasteiger partial charge in [0.15, 0.2) is 0 Å². The molecule has 1 heterocycles. The van der Waals surface area contributed by atoms with E-state index in [4.69, 9.17) is 9.84 Å². The molecule has 2 N–H and O–H groups in total. The van der Waals surface area contributed by atoms with Gasteiger partial charge in [0.2, 0.25) is 0 Å². The van der Waals surface area contributed by atoms with E-state index in [9.17, 15) is 9.90 Å². The number of hydrogen-bond donors (Lipinski definition) is 2. The Labute approximate surface area is 137 Å². The smallest absolute Gasteiger partial charge is 0.317 e. The van der Waals surface area contributed by atoms with E-state index in [-0.39, 0.29) is 12.6 Å². The summed E-state index contributed by atoms with van der Waals surface area (Å²) in [5.41, 5.74) is 1.24. The Kier molecular flexibility index (Phi) is 6.38. The first-order valence-electron chi connectivity index (χ1n) is 7.95. The fourth-order valence-electron chi connectivity index (χ4n) is 3.13. The molecule has 0 spiro atoms. The highest BCUT2D eigenvalue weighted by Crippen LogP contribution is 2.17. The predicted octanol–water partition coefficient (Wildman–Crippen LogP) is 0.689. The quantitative estimate of drug-likeness (QED) is 0.734. The molecule has 2 rings (SSSR count). The lowest BCUT2D eigenvalue weighted by atomic mass is 10.1. The number of rotatable bonds is 8. The topological polar surface area (TPSA) is 73.2 Å². The van der Waals surface area contributed by atoms with Crippen molar-refractivity contribution in [1.29, 1.82) is 0 Å². The molecule has 6 heteroatoms. The number of hydrogen-bond acceptors (Lipinski definition) is 5. The third-order valence-corrected chi connectivity index (χ3v) is 4.36. The van der Waals surface area contributed by atoms with Gasteiger partial charge in [-0.2, -0.15) is 0 Å². The Balaban J connectivity index is 1.77. The molecule has 1 aromatic rings. The van der Waals surface area contributed by atoms with Gasteiger partial charge in [-0.1, -0.05) is 12.1 Å². The maximum atomic E-state index is 10.8. The molecule has 1 aliphatic heterocycles. The van der Waals surface area contributed by atoms with Gasteiger partial charge in [-0.05, 0) is 44.1 Å². The Morgan fingerprint density at radius 2 is 2.22 bits per heavy atom. The van der Waals surface area contributed by atoms with E-state index in [1.54, 1.807) is 19.1 Å². The molecule has 1 fully saturated rings. The zero-order valence-electron chi connectivity index (χ0n) is 13.8. The molecular formula is C17H26N2O4. The maximum Gasteiger partial charge on any atom is 0.317 e. The zero-order chi connectivity index (χ0) is 16.8. The first-order valence-corrected chi connectivity index (χ1v) is 7.95. The van der Waals surface area contributed by atoms with E-state index in [1.165, 1.54) is 5.56 Å². The summed E-state index contributed by atoms with van der Waals surface area (Å²) in [5.74, 6) is 0.00521. The van der Waals surface area contributed by atoms with E-state index in [0.29, 0.717) is 13.1 Å². The lowest BCUT2D eigenvalue weighted by molar-refractivity contribution is -0.138. The van der Waals surface area contributed by atoms with Gasteiger partial charge < -0.3 is 14.9 Å². The van der Waals surface area contributed by atoms with Crippen LogP contribution in [0.4, 0.5) is 0 Å². The van der Waals surface area contributed by atoms with Crippen molar-refractivity contribution in [2.45, 2.75) is 25.0 Å². The van der Waals surface area contributed by atoms with Crippen LogP contribution in [0, 0.1) is 0 Å². The standard InChI is InChI=1S/C17H26N2O4/c1-18(12-17(21)22)15-10-19(11-16(15)20)8-4-6-13-5-3-7-14(9-13)23-2/h3,5,7,9,15-16,20H,4,6,8,10-12H2,1-2H3,(H,21,22)/t15-,16+/m0/s1. The van der Waals surface area contributed by atoms with Crippen LogP contribution in [0.3, 0.4) is 0 Å². The average molecular weight is 322 g/mol. The molecule has 2 atom stereocenters. The van der Waals surface area contributed by atoms with Crippen LogP contribution >= 0.6 is 0 Å². The molecule has 0 aromatic heterocycles. The molecule has 128 valence electrons. The van der Waals surface area contributed by atoms with Gasteiger partial charge >= 0.3 is 5.97 Å². The molecule has 1 aliphatic rings. The number of aryl methyl sites for hydroxylation is 1. The van der Waals surface area contributed by atoms with Crippen LogP contribution in [0.2, 0.25) is 0 Å². The number of aliphatic hydroxyl groups is 1.